The molecule has 1 aliphatic rings. The number of amides is 1. The van der Waals surface area contributed by atoms with Crippen LogP contribution in [0.3, 0.4) is 0 Å². The summed E-state index contributed by atoms with van der Waals surface area (Å²) in [5.74, 6) is -0.288. The summed E-state index contributed by atoms with van der Waals surface area (Å²) >= 11 is 1.77. The molecule has 6 nitrogen and oxygen atoms in total. The average Bonchev–Trinajstić information content (AvgIpc) is 3.06. The first-order chi connectivity index (χ1) is 12.6. The number of pyridine rings is 1. The van der Waals surface area contributed by atoms with Crippen molar-refractivity contribution in [3.8, 4) is 0 Å². The fraction of sp³-hybridized carbons (Fsp3) is 0.316. The van der Waals surface area contributed by atoms with E-state index in [1.165, 1.54) is 15.8 Å². The van der Waals surface area contributed by atoms with Gasteiger partial charge in [-0.1, -0.05) is 12.1 Å². The van der Waals surface area contributed by atoms with Gasteiger partial charge in [0, 0.05) is 24.7 Å². The highest BCUT2D eigenvalue weighted by atomic mass is 32.1. The maximum absolute atomic E-state index is 11.9. The number of aromatic amines is 1. The number of carbonyl (C=O) groups excluding carboxylic acids is 1. The molecule has 0 spiro atoms. The second-order valence-electron chi connectivity index (χ2n) is 6.68. The number of H-pyrrole nitrogens is 1. The topological polar surface area (TPSA) is 92.1 Å². The molecule has 0 radical (unpaired) electrons. The van der Waals surface area contributed by atoms with Gasteiger partial charge in [0.25, 0.3) is 11.5 Å². The number of rotatable bonds is 4. The Bertz CT molecular complexity index is 977. The van der Waals surface area contributed by atoms with Gasteiger partial charge in [0.15, 0.2) is 0 Å². The Kier molecular flexibility index (Phi) is 4.57. The normalized spacial score (nSPS) is 18.2. The highest BCUT2D eigenvalue weighted by Crippen LogP contribution is 2.33. The van der Waals surface area contributed by atoms with Gasteiger partial charge in [0.05, 0.1) is 15.2 Å². The van der Waals surface area contributed by atoms with Crippen molar-refractivity contribution in [2.45, 2.75) is 25.3 Å². The molecular formula is C19H20N4O2S. The highest BCUT2D eigenvalue weighted by molar-refractivity contribution is 7.18. The zero-order chi connectivity index (χ0) is 18.1. The van der Waals surface area contributed by atoms with Crippen molar-refractivity contribution in [1.82, 2.24) is 14.9 Å². The van der Waals surface area contributed by atoms with Gasteiger partial charge in [-0.2, -0.15) is 0 Å². The Labute approximate surface area is 154 Å². The number of para-hydroxylation sites is 1. The number of piperidine rings is 1. The summed E-state index contributed by atoms with van der Waals surface area (Å²) < 4.78 is 1.23. The van der Waals surface area contributed by atoms with Crippen LogP contribution in [0.25, 0.3) is 10.2 Å². The van der Waals surface area contributed by atoms with E-state index in [0.29, 0.717) is 12.5 Å². The average molecular weight is 368 g/mol. The Morgan fingerprint density at radius 2 is 2.15 bits per heavy atom. The van der Waals surface area contributed by atoms with Crippen molar-refractivity contribution in [1.29, 1.82) is 0 Å². The molecule has 2 aromatic heterocycles. The SMILES string of the molecule is NC(=O)c1ccc(CN2CCC[C@H](c3nc4ccccc4s3)C2)[nH]c1=O. The van der Waals surface area contributed by atoms with Crippen LogP contribution in [0.15, 0.2) is 41.2 Å². The van der Waals surface area contributed by atoms with Crippen LogP contribution in [-0.4, -0.2) is 33.9 Å². The Hall–Kier alpha value is -2.51. The molecule has 7 heteroatoms. The number of nitrogens with zero attached hydrogens (tertiary/aromatic N) is 2. The number of nitrogens with two attached hydrogens (primary N) is 1. The van der Waals surface area contributed by atoms with Crippen LogP contribution in [0.1, 0.15) is 39.8 Å². The smallest absolute Gasteiger partial charge is 0.261 e. The molecule has 3 N–H and O–H groups in total. The quantitative estimate of drug-likeness (QED) is 0.740. The van der Waals surface area contributed by atoms with Crippen LogP contribution in [0.5, 0.6) is 0 Å². The third-order valence-corrected chi connectivity index (χ3v) is 5.99. The number of nitrogens with one attached hydrogen (secondary N) is 1. The van der Waals surface area contributed by atoms with Crippen molar-refractivity contribution in [3.63, 3.8) is 0 Å². The second-order valence-corrected chi connectivity index (χ2v) is 7.75. The minimum Gasteiger partial charge on any atom is -0.365 e. The molecule has 1 aliphatic heterocycles. The van der Waals surface area contributed by atoms with Crippen molar-refractivity contribution in [3.05, 3.63) is 63.0 Å². The molecule has 0 bridgehead atoms. The number of hydrogen-bond acceptors (Lipinski definition) is 5. The van der Waals surface area contributed by atoms with E-state index in [0.717, 1.165) is 37.1 Å². The van der Waals surface area contributed by atoms with Gasteiger partial charge in [-0.3, -0.25) is 14.5 Å². The van der Waals surface area contributed by atoms with Crippen LogP contribution in [0, 0.1) is 0 Å². The number of primary amides is 1. The molecule has 1 saturated heterocycles. The van der Waals surface area contributed by atoms with E-state index in [9.17, 15) is 9.59 Å². The van der Waals surface area contributed by atoms with E-state index in [4.69, 9.17) is 10.7 Å². The molecule has 3 aromatic rings. The van der Waals surface area contributed by atoms with Gasteiger partial charge < -0.3 is 10.7 Å². The van der Waals surface area contributed by atoms with Crippen LogP contribution >= 0.6 is 11.3 Å². The summed E-state index contributed by atoms with van der Waals surface area (Å²) in [6, 6.07) is 11.5. The van der Waals surface area contributed by atoms with Gasteiger partial charge in [-0.15, -0.1) is 11.3 Å². The third-order valence-electron chi connectivity index (χ3n) is 4.79. The van der Waals surface area contributed by atoms with E-state index in [1.54, 1.807) is 17.4 Å². The molecule has 1 amide bonds. The number of benzene rings is 1. The largest absolute Gasteiger partial charge is 0.365 e. The first kappa shape index (κ1) is 16.9. The van der Waals surface area contributed by atoms with Crippen molar-refractivity contribution >= 4 is 27.5 Å². The molecule has 134 valence electrons. The Morgan fingerprint density at radius 3 is 2.92 bits per heavy atom. The lowest BCUT2D eigenvalue weighted by molar-refractivity contribution is 0.0998. The summed E-state index contributed by atoms with van der Waals surface area (Å²) in [6.07, 6.45) is 2.23. The maximum atomic E-state index is 11.9. The molecule has 0 unspecified atom stereocenters. The number of hydrogen-bond donors (Lipinski definition) is 2. The number of thiazole rings is 1. The zero-order valence-electron chi connectivity index (χ0n) is 14.3. The molecule has 4 rings (SSSR count). The van der Waals surface area contributed by atoms with E-state index < -0.39 is 11.5 Å². The van der Waals surface area contributed by atoms with Gasteiger partial charge in [-0.05, 0) is 43.7 Å². The summed E-state index contributed by atoms with van der Waals surface area (Å²) in [7, 11) is 0. The highest BCUT2D eigenvalue weighted by Gasteiger charge is 2.24. The van der Waals surface area contributed by atoms with Crippen LogP contribution in [-0.2, 0) is 6.54 Å². The predicted octanol–water partition coefficient (Wildman–Crippen LogP) is 2.46. The number of likely N-dealkylation sites (tertiary alicyclic amines) is 1. The van der Waals surface area contributed by atoms with Gasteiger partial charge >= 0.3 is 0 Å². The lowest BCUT2D eigenvalue weighted by Gasteiger charge is -2.31. The first-order valence-corrected chi connectivity index (χ1v) is 9.51. The van der Waals surface area contributed by atoms with E-state index >= 15 is 0 Å². The summed E-state index contributed by atoms with van der Waals surface area (Å²) in [4.78, 5) is 33.0. The molecule has 0 saturated carbocycles. The van der Waals surface area contributed by atoms with E-state index in [1.807, 2.05) is 12.1 Å². The Balaban J connectivity index is 1.49. The number of fused-ring (bicyclic) bond motifs is 1. The molecular weight excluding hydrogens is 348 g/mol. The summed E-state index contributed by atoms with van der Waals surface area (Å²) in [5.41, 5.74) is 6.63. The molecule has 1 aromatic carbocycles. The van der Waals surface area contributed by atoms with Crippen LogP contribution in [0.4, 0.5) is 0 Å². The minimum atomic E-state index is -0.702. The van der Waals surface area contributed by atoms with E-state index in [-0.39, 0.29) is 5.56 Å². The van der Waals surface area contributed by atoms with Crippen molar-refractivity contribution in [2.24, 2.45) is 5.73 Å². The van der Waals surface area contributed by atoms with Gasteiger partial charge in [0.1, 0.15) is 5.56 Å². The summed E-state index contributed by atoms with van der Waals surface area (Å²) in [6.45, 7) is 2.55. The fourth-order valence-electron chi connectivity index (χ4n) is 3.51. The lowest BCUT2D eigenvalue weighted by Crippen LogP contribution is -2.35. The summed E-state index contributed by atoms with van der Waals surface area (Å²) in [5, 5.41) is 1.19. The number of aromatic nitrogens is 2. The van der Waals surface area contributed by atoms with Crippen molar-refractivity contribution < 1.29 is 4.79 Å². The molecule has 3 heterocycles. The molecule has 26 heavy (non-hydrogen) atoms. The van der Waals surface area contributed by atoms with Crippen LogP contribution in [0.2, 0.25) is 0 Å². The Morgan fingerprint density at radius 1 is 1.31 bits per heavy atom. The molecule has 1 atom stereocenters. The minimum absolute atomic E-state index is 0.000235. The number of carbonyl (C=O) groups is 1. The first-order valence-electron chi connectivity index (χ1n) is 8.70. The third kappa shape index (κ3) is 3.40. The second kappa shape index (κ2) is 7.01. The van der Waals surface area contributed by atoms with Gasteiger partial charge in [-0.25, -0.2) is 4.98 Å². The fourth-order valence-corrected chi connectivity index (χ4v) is 4.60. The standard InChI is InChI=1S/C19H20N4O2S/c20-17(24)14-8-7-13(21-18(14)25)11-23-9-3-4-12(10-23)19-22-15-5-1-2-6-16(15)26-19/h1-2,5-8,12H,3-4,9-11H2,(H2,20,24)(H,21,25)/t12-/m0/s1. The van der Waals surface area contributed by atoms with E-state index in [2.05, 4.69) is 22.0 Å². The van der Waals surface area contributed by atoms with Crippen LogP contribution < -0.4 is 11.3 Å². The zero-order valence-corrected chi connectivity index (χ0v) is 15.1. The molecule has 0 aliphatic carbocycles. The van der Waals surface area contributed by atoms with Crippen molar-refractivity contribution in [2.75, 3.05) is 13.1 Å². The molecule has 1 fully saturated rings. The maximum Gasteiger partial charge on any atom is 0.261 e. The van der Waals surface area contributed by atoms with Gasteiger partial charge in [0.2, 0.25) is 0 Å². The predicted molar refractivity (Wildman–Crippen MR) is 102 cm³/mol. The lowest BCUT2D eigenvalue weighted by atomic mass is 9.98. The monoisotopic (exact) mass is 368 g/mol.